The molecule has 0 radical (unpaired) electrons. The highest BCUT2D eigenvalue weighted by atomic mass is 16.5. The molecular weight excluding hydrogens is 472 g/mol. The molecule has 3 aromatic rings. The monoisotopic (exact) mass is 506 g/mol. The van der Waals surface area contributed by atoms with E-state index in [1.54, 1.807) is 14.2 Å². The molecular formula is C29H34N2O6. The van der Waals surface area contributed by atoms with E-state index >= 15 is 0 Å². The van der Waals surface area contributed by atoms with Crippen LogP contribution in [0.3, 0.4) is 0 Å². The van der Waals surface area contributed by atoms with Crippen molar-refractivity contribution in [3.05, 3.63) is 95.6 Å². The fourth-order valence-corrected chi connectivity index (χ4v) is 4.03. The average molecular weight is 507 g/mol. The number of ether oxygens (including phenoxy) is 3. The smallest absolute Gasteiger partial charge is 0.220 e. The molecule has 8 heteroatoms. The van der Waals surface area contributed by atoms with Crippen molar-refractivity contribution in [2.24, 2.45) is 0 Å². The standard InChI is InChI=1S/C29H34N2O6/c1-30-27(33)17-18-28(34)31-19-24(32)20-37-29(21-7-5-4-6-8-21,22-9-13-25(35-2)14-10-22)23-11-15-26(36-3)16-12-23/h4-16,24,32H,17-20H2,1-3H3,(H,30,33)(H,31,34). The Bertz CT molecular complexity index is 1090. The molecule has 3 N–H and O–H groups in total. The van der Waals surface area contributed by atoms with Gasteiger partial charge < -0.3 is 30.0 Å². The van der Waals surface area contributed by atoms with Gasteiger partial charge in [0, 0.05) is 26.4 Å². The lowest BCUT2D eigenvalue weighted by Gasteiger charge is -2.36. The number of benzene rings is 3. The summed E-state index contributed by atoms with van der Waals surface area (Å²) in [4.78, 5) is 23.5. The van der Waals surface area contributed by atoms with E-state index < -0.39 is 11.7 Å². The minimum atomic E-state index is -1.07. The number of carbonyl (C=O) groups is 2. The first kappa shape index (κ1) is 27.7. The van der Waals surface area contributed by atoms with Gasteiger partial charge in [0.15, 0.2) is 0 Å². The maximum Gasteiger partial charge on any atom is 0.220 e. The van der Waals surface area contributed by atoms with E-state index in [9.17, 15) is 14.7 Å². The Balaban J connectivity index is 1.91. The van der Waals surface area contributed by atoms with Crippen molar-refractivity contribution in [1.82, 2.24) is 10.6 Å². The Kier molecular flexibility index (Phi) is 10.1. The Morgan fingerprint density at radius 3 is 1.76 bits per heavy atom. The number of aliphatic hydroxyl groups excluding tert-OH is 1. The molecule has 0 aliphatic carbocycles. The summed E-state index contributed by atoms with van der Waals surface area (Å²) in [5.41, 5.74) is 1.48. The van der Waals surface area contributed by atoms with Crippen molar-refractivity contribution in [3.8, 4) is 11.5 Å². The number of methoxy groups -OCH3 is 2. The summed E-state index contributed by atoms with van der Waals surface area (Å²) in [6, 6.07) is 24.9. The van der Waals surface area contributed by atoms with E-state index in [0.717, 1.165) is 16.7 Å². The summed E-state index contributed by atoms with van der Waals surface area (Å²) in [6.45, 7) is -0.0780. The van der Waals surface area contributed by atoms with E-state index in [0.29, 0.717) is 11.5 Å². The third-order valence-corrected chi connectivity index (χ3v) is 6.06. The first-order chi connectivity index (χ1) is 17.9. The molecule has 0 saturated carbocycles. The van der Waals surface area contributed by atoms with Crippen LogP contribution in [0.5, 0.6) is 11.5 Å². The normalized spacial score (nSPS) is 11.9. The lowest BCUT2D eigenvalue weighted by Crippen LogP contribution is -2.39. The van der Waals surface area contributed by atoms with Crippen molar-refractivity contribution >= 4 is 11.8 Å². The summed E-state index contributed by atoms with van der Waals surface area (Å²) < 4.78 is 17.3. The van der Waals surface area contributed by atoms with Crippen LogP contribution in [0.2, 0.25) is 0 Å². The van der Waals surface area contributed by atoms with Gasteiger partial charge in [-0.3, -0.25) is 9.59 Å². The Morgan fingerprint density at radius 2 is 1.27 bits per heavy atom. The van der Waals surface area contributed by atoms with Crippen molar-refractivity contribution < 1.29 is 28.9 Å². The van der Waals surface area contributed by atoms with Gasteiger partial charge in [0.05, 0.1) is 26.9 Å². The van der Waals surface area contributed by atoms with Crippen LogP contribution in [0, 0.1) is 0 Å². The zero-order chi connectivity index (χ0) is 26.7. The number of carbonyl (C=O) groups excluding carboxylic acids is 2. The lowest BCUT2D eigenvalue weighted by atomic mass is 9.80. The molecule has 0 aliphatic rings. The van der Waals surface area contributed by atoms with Crippen LogP contribution in [0.1, 0.15) is 29.5 Å². The molecule has 0 heterocycles. The van der Waals surface area contributed by atoms with Crippen molar-refractivity contribution in [1.29, 1.82) is 0 Å². The second-order valence-electron chi connectivity index (χ2n) is 8.45. The molecule has 3 rings (SSSR count). The molecule has 0 saturated heterocycles. The topological polar surface area (TPSA) is 106 Å². The molecule has 0 spiro atoms. The van der Waals surface area contributed by atoms with Gasteiger partial charge in [-0.25, -0.2) is 0 Å². The van der Waals surface area contributed by atoms with Crippen molar-refractivity contribution in [3.63, 3.8) is 0 Å². The molecule has 0 aliphatic heterocycles. The second kappa shape index (κ2) is 13.4. The van der Waals surface area contributed by atoms with Crippen LogP contribution < -0.4 is 20.1 Å². The molecule has 196 valence electrons. The van der Waals surface area contributed by atoms with E-state index in [1.165, 1.54) is 7.05 Å². The number of rotatable bonds is 13. The molecule has 0 fully saturated rings. The Labute approximate surface area is 217 Å². The fraction of sp³-hybridized carbons (Fsp3) is 0.310. The van der Waals surface area contributed by atoms with Crippen molar-refractivity contribution in [2.75, 3.05) is 34.4 Å². The summed E-state index contributed by atoms with van der Waals surface area (Å²) in [7, 11) is 4.74. The van der Waals surface area contributed by atoms with Crippen LogP contribution in [-0.4, -0.2) is 57.4 Å². The maximum absolute atomic E-state index is 12.1. The Hall–Kier alpha value is -3.88. The minimum Gasteiger partial charge on any atom is -0.497 e. The summed E-state index contributed by atoms with van der Waals surface area (Å²) >= 11 is 0. The van der Waals surface area contributed by atoms with E-state index in [2.05, 4.69) is 10.6 Å². The predicted octanol–water partition coefficient (Wildman–Crippen LogP) is 3.02. The third kappa shape index (κ3) is 7.09. The van der Waals surface area contributed by atoms with Crippen LogP contribution in [0.25, 0.3) is 0 Å². The predicted molar refractivity (Wildman–Crippen MR) is 141 cm³/mol. The lowest BCUT2D eigenvalue weighted by molar-refractivity contribution is -0.126. The van der Waals surface area contributed by atoms with Gasteiger partial charge in [-0.2, -0.15) is 0 Å². The molecule has 0 bridgehead atoms. The average Bonchev–Trinajstić information content (AvgIpc) is 2.96. The minimum absolute atomic E-state index is 0.0112. The number of aliphatic hydroxyl groups is 1. The second-order valence-corrected chi connectivity index (χ2v) is 8.45. The van der Waals surface area contributed by atoms with Gasteiger partial charge in [-0.05, 0) is 41.0 Å². The number of nitrogens with one attached hydrogen (secondary N) is 2. The quantitative estimate of drug-likeness (QED) is 0.308. The zero-order valence-corrected chi connectivity index (χ0v) is 21.4. The first-order valence-corrected chi connectivity index (χ1v) is 12.1. The van der Waals surface area contributed by atoms with Gasteiger partial charge in [-0.1, -0.05) is 54.6 Å². The number of amides is 2. The maximum atomic E-state index is 12.1. The Morgan fingerprint density at radius 1 is 0.784 bits per heavy atom. The van der Waals surface area contributed by atoms with Gasteiger partial charge >= 0.3 is 0 Å². The summed E-state index contributed by atoms with van der Waals surface area (Å²) in [6.07, 6.45) is -0.858. The molecule has 8 nitrogen and oxygen atoms in total. The van der Waals surface area contributed by atoms with Gasteiger partial charge in [0.25, 0.3) is 0 Å². The van der Waals surface area contributed by atoms with Crippen LogP contribution >= 0.6 is 0 Å². The highest BCUT2D eigenvalue weighted by Gasteiger charge is 2.38. The van der Waals surface area contributed by atoms with Crippen LogP contribution in [-0.2, 0) is 19.9 Å². The summed E-state index contributed by atoms with van der Waals surface area (Å²) in [5.74, 6) is 0.882. The fourth-order valence-electron chi connectivity index (χ4n) is 4.03. The highest BCUT2D eigenvalue weighted by molar-refractivity contribution is 5.83. The molecule has 1 unspecified atom stereocenters. The van der Waals surface area contributed by atoms with Crippen LogP contribution in [0.15, 0.2) is 78.9 Å². The number of hydrogen-bond donors (Lipinski definition) is 3. The first-order valence-electron chi connectivity index (χ1n) is 12.1. The highest BCUT2D eigenvalue weighted by Crippen LogP contribution is 2.41. The van der Waals surface area contributed by atoms with E-state index in [1.807, 2.05) is 78.9 Å². The van der Waals surface area contributed by atoms with Crippen molar-refractivity contribution in [2.45, 2.75) is 24.5 Å². The molecule has 37 heavy (non-hydrogen) atoms. The van der Waals surface area contributed by atoms with E-state index in [-0.39, 0.29) is 37.8 Å². The SMILES string of the molecule is CNC(=O)CCC(=O)NCC(O)COC(c1ccccc1)(c1ccc(OC)cc1)c1ccc(OC)cc1. The van der Waals surface area contributed by atoms with E-state index in [4.69, 9.17) is 14.2 Å². The third-order valence-electron chi connectivity index (χ3n) is 6.06. The number of hydrogen-bond acceptors (Lipinski definition) is 6. The molecule has 2 amide bonds. The molecule has 1 atom stereocenters. The van der Waals surface area contributed by atoms with Gasteiger partial charge in [0.1, 0.15) is 17.1 Å². The summed E-state index contributed by atoms with van der Waals surface area (Å²) in [5, 5.41) is 15.9. The molecule has 3 aromatic carbocycles. The van der Waals surface area contributed by atoms with Crippen LogP contribution in [0.4, 0.5) is 0 Å². The largest absolute Gasteiger partial charge is 0.497 e. The van der Waals surface area contributed by atoms with Gasteiger partial charge in [0.2, 0.25) is 11.8 Å². The molecule has 0 aromatic heterocycles. The van der Waals surface area contributed by atoms with Gasteiger partial charge in [-0.15, -0.1) is 0 Å². The zero-order valence-electron chi connectivity index (χ0n) is 21.4.